The Morgan fingerprint density at radius 2 is 2.24 bits per heavy atom. The first-order chi connectivity index (χ1) is 8.12. The van der Waals surface area contributed by atoms with E-state index < -0.39 is 11.4 Å². The minimum Gasteiger partial charge on any atom is -0.481 e. The normalized spacial score (nSPS) is 17.9. The molecule has 0 atom stereocenters. The zero-order valence-corrected chi connectivity index (χ0v) is 9.96. The molecule has 1 saturated carbocycles. The highest BCUT2D eigenvalue weighted by molar-refractivity contribution is 7.22. The number of aromatic nitrogens is 1. The van der Waals surface area contributed by atoms with E-state index in [-0.39, 0.29) is 0 Å². The summed E-state index contributed by atoms with van der Waals surface area (Å²) in [6.07, 6.45) is 2.43. The van der Waals surface area contributed by atoms with E-state index in [0.717, 1.165) is 35.0 Å². The van der Waals surface area contributed by atoms with E-state index in [2.05, 4.69) is 4.98 Å². The number of carboxylic acid groups (broad SMARTS) is 1. The first-order valence-electron chi connectivity index (χ1n) is 5.52. The van der Waals surface area contributed by atoms with Crippen LogP contribution < -0.4 is 5.73 Å². The summed E-state index contributed by atoms with van der Waals surface area (Å²) in [5.41, 5.74) is 6.70. The lowest BCUT2D eigenvalue weighted by Gasteiger charge is -2.38. The van der Waals surface area contributed by atoms with Crippen LogP contribution in [-0.4, -0.2) is 16.1 Å². The van der Waals surface area contributed by atoms with Gasteiger partial charge in [0.1, 0.15) is 0 Å². The SMILES string of the molecule is Nc1nc2ccc(C3(C(=O)O)CCC3)cc2s1. The number of anilines is 1. The lowest BCUT2D eigenvalue weighted by atomic mass is 9.64. The van der Waals surface area contributed by atoms with Gasteiger partial charge in [-0.25, -0.2) is 4.98 Å². The third kappa shape index (κ3) is 1.42. The summed E-state index contributed by atoms with van der Waals surface area (Å²) < 4.78 is 0.965. The third-order valence-corrected chi connectivity index (χ3v) is 4.42. The second kappa shape index (κ2) is 3.43. The Bertz CT molecular complexity index is 602. The lowest BCUT2D eigenvalue weighted by molar-refractivity contribution is -0.147. The number of hydrogen-bond donors (Lipinski definition) is 2. The molecular weight excluding hydrogens is 236 g/mol. The van der Waals surface area contributed by atoms with Gasteiger partial charge in [-0.2, -0.15) is 0 Å². The molecule has 4 nitrogen and oxygen atoms in total. The van der Waals surface area contributed by atoms with E-state index in [9.17, 15) is 9.90 Å². The summed E-state index contributed by atoms with van der Waals surface area (Å²) in [4.78, 5) is 15.6. The zero-order valence-electron chi connectivity index (χ0n) is 9.14. The number of nitrogens with zero attached hydrogens (tertiary/aromatic N) is 1. The van der Waals surface area contributed by atoms with Gasteiger partial charge < -0.3 is 10.8 Å². The van der Waals surface area contributed by atoms with Crippen LogP contribution in [0.4, 0.5) is 5.13 Å². The van der Waals surface area contributed by atoms with Crippen LogP contribution in [0.1, 0.15) is 24.8 Å². The number of carboxylic acids is 1. The molecule has 0 aliphatic heterocycles. The molecule has 2 aromatic rings. The summed E-state index contributed by atoms with van der Waals surface area (Å²) in [6, 6.07) is 5.66. The van der Waals surface area contributed by atoms with E-state index in [4.69, 9.17) is 5.73 Å². The first kappa shape index (κ1) is 10.5. The summed E-state index contributed by atoms with van der Waals surface area (Å²) >= 11 is 1.40. The Morgan fingerprint density at radius 1 is 1.47 bits per heavy atom. The van der Waals surface area contributed by atoms with Crippen molar-refractivity contribution in [1.82, 2.24) is 4.98 Å². The van der Waals surface area contributed by atoms with Gasteiger partial charge in [-0.15, -0.1) is 0 Å². The molecule has 1 heterocycles. The number of nitrogens with two attached hydrogens (primary N) is 1. The summed E-state index contributed by atoms with van der Waals surface area (Å²) in [6.45, 7) is 0. The molecule has 1 aliphatic rings. The Labute approximate surface area is 102 Å². The van der Waals surface area contributed by atoms with Crippen molar-refractivity contribution in [3.63, 3.8) is 0 Å². The molecule has 1 aliphatic carbocycles. The third-order valence-electron chi connectivity index (χ3n) is 3.57. The quantitative estimate of drug-likeness (QED) is 0.855. The number of benzene rings is 1. The summed E-state index contributed by atoms with van der Waals surface area (Å²) in [5, 5.41) is 9.90. The van der Waals surface area contributed by atoms with Gasteiger partial charge in [-0.1, -0.05) is 23.8 Å². The van der Waals surface area contributed by atoms with Gasteiger partial charge in [0, 0.05) is 0 Å². The van der Waals surface area contributed by atoms with Gasteiger partial charge >= 0.3 is 5.97 Å². The van der Waals surface area contributed by atoms with Crippen LogP contribution in [0.2, 0.25) is 0 Å². The van der Waals surface area contributed by atoms with E-state index in [1.165, 1.54) is 11.3 Å². The Morgan fingerprint density at radius 3 is 2.82 bits per heavy atom. The molecule has 1 aromatic heterocycles. The monoisotopic (exact) mass is 248 g/mol. The largest absolute Gasteiger partial charge is 0.481 e. The lowest BCUT2D eigenvalue weighted by Crippen LogP contribution is -2.42. The molecule has 17 heavy (non-hydrogen) atoms. The van der Waals surface area contributed by atoms with Crippen LogP contribution in [0, 0.1) is 0 Å². The number of fused-ring (bicyclic) bond motifs is 1. The first-order valence-corrected chi connectivity index (χ1v) is 6.33. The van der Waals surface area contributed by atoms with E-state index in [1.807, 2.05) is 18.2 Å². The van der Waals surface area contributed by atoms with Crippen LogP contribution in [0.5, 0.6) is 0 Å². The summed E-state index contributed by atoms with van der Waals surface area (Å²) in [7, 11) is 0. The topological polar surface area (TPSA) is 76.2 Å². The van der Waals surface area contributed by atoms with Gasteiger partial charge in [-0.05, 0) is 30.5 Å². The Kier molecular flexibility index (Phi) is 2.13. The minimum absolute atomic E-state index is 0.523. The molecule has 0 saturated heterocycles. The average molecular weight is 248 g/mol. The van der Waals surface area contributed by atoms with Crippen molar-refractivity contribution in [3.05, 3.63) is 23.8 Å². The van der Waals surface area contributed by atoms with Crippen molar-refractivity contribution in [2.24, 2.45) is 0 Å². The van der Waals surface area contributed by atoms with Crippen LogP contribution in [0.25, 0.3) is 10.2 Å². The second-order valence-corrected chi connectivity index (χ2v) is 5.54. The molecular formula is C12H12N2O2S. The molecule has 0 amide bonds. The average Bonchev–Trinajstić information content (AvgIpc) is 2.54. The number of hydrogen-bond acceptors (Lipinski definition) is 4. The van der Waals surface area contributed by atoms with Crippen LogP contribution in [-0.2, 0) is 10.2 Å². The van der Waals surface area contributed by atoms with E-state index >= 15 is 0 Å². The van der Waals surface area contributed by atoms with Crippen molar-refractivity contribution in [2.45, 2.75) is 24.7 Å². The fraction of sp³-hybridized carbons (Fsp3) is 0.333. The van der Waals surface area contributed by atoms with E-state index in [0.29, 0.717) is 5.13 Å². The minimum atomic E-state index is -0.722. The molecule has 88 valence electrons. The van der Waals surface area contributed by atoms with Crippen molar-refractivity contribution in [1.29, 1.82) is 0 Å². The van der Waals surface area contributed by atoms with Crippen LogP contribution >= 0.6 is 11.3 Å². The maximum atomic E-state index is 11.4. The van der Waals surface area contributed by atoms with Crippen molar-refractivity contribution >= 4 is 32.7 Å². The fourth-order valence-electron chi connectivity index (χ4n) is 2.40. The highest BCUT2D eigenvalue weighted by atomic mass is 32.1. The molecule has 0 unspecified atom stereocenters. The maximum absolute atomic E-state index is 11.4. The standard InChI is InChI=1S/C12H12N2O2S/c13-11-14-8-3-2-7(6-9(8)17-11)12(10(15)16)4-1-5-12/h2-3,6H,1,4-5H2,(H2,13,14)(H,15,16). The maximum Gasteiger partial charge on any atom is 0.314 e. The molecule has 1 aromatic carbocycles. The highest BCUT2D eigenvalue weighted by Gasteiger charge is 2.45. The van der Waals surface area contributed by atoms with Gasteiger partial charge in [0.15, 0.2) is 5.13 Å². The van der Waals surface area contributed by atoms with Gasteiger partial charge in [-0.3, -0.25) is 4.79 Å². The molecule has 0 spiro atoms. The molecule has 3 rings (SSSR count). The number of aliphatic carboxylic acids is 1. The molecule has 1 fully saturated rings. The smallest absolute Gasteiger partial charge is 0.314 e. The van der Waals surface area contributed by atoms with Crippen LogP contribution in [0.15, 0.2) is 18.2 Å². The number of nitrogen functional groups attached to an aromatic ring is 1. The number of thiazole rings is 1. The Balaban J connectivity index is 2.14. The molecule has 5 heteroatoms. The Hall–Kier alpha value is -1.62. The number of rotatable bonds is 2. The predicted molar refractivity (Wildman–Crippen MR) is 67.2 cm³/mol. The number of carbonyl (C=O) groups is 1. The van der Waals surface area contributed by atoms with Crippen molar-refractivity contribution in [2.75, 3.05) is 5.73 Å². The second-order valence-electron chi connectivity index (χ2n) is 4.48. The van der Waals surface area contributed by atoms with Crippen molar-refractivity contribution < 1.29 is 9.90 Å². The van der Waals surface area contributed by atoms with E-state index in [1.54, 1.807) is 0 Å². The molecule has 0 bridgehead atoms. The molecule has 0 radical (unpaired) electrons. The van der Waals surface area contributed by atoms with Gasteiger partial charge in [0.05, 0.1) is 15.6 Å². The van der Waals surface area contributed by atoms with Gasteiger partial charge in [0.25, 0.3) is 0 Å². The zero-order chi connectivity index (χ0) is 12.0. The van der Waals surface area contributed by atoms with Gasteiger partial charge in [0.2, 0.25) is 0 Å². The molecule has 3 N–H and O–H groups in total. The van der Waals surface area contributed by atoms with Crippen LogP contribution in [0.3, 0.4) is 0 Å². The van der Waals surface area contributed by atoms with Crippen molar-refractivity contribution in [3.8, 4) is 0 Å². The fourth-order valence-corrected chi connectivity index (χ4v) is 3.17. The highest BCUT2D eigenvalue weighted by Crippen LogP contribution is 2.45. The predicted octanol–water partition coefficient (Wildman–Crippen LogP) is 2.38. The summed E-state index contributed by atoms with van der Waals surface area (Å²) in [5.74, 6) is -0.722.